The van der Waals surface area contributed by atoms with E-state index >= 15 is 0 Å². The summed E-state index contributed by atoms with van der Waals surface area (Å²) in [6, 6.07) is 14.3. The van der Waals surface area contributed by atoms with Gasteiger partial charge in [0.05, 0.1) is 13.2 Å². The van der Waals surface area contributed by atoms with E-state index in [0.29, 0.717) is 6.54 Å². The molecule has 0 saturated carbocycles. The van der Waals surface area contributed by atoms with Gasteiger partial charge < -0.3 is 19.6 Å². The molecule has 6 nitrogen and oxygen atoms in total. The number of β-amino-alcohol motifs (C(OH)–C–C–N with tert-alkyl or cyclic N) is 1. The first-order valence-corrected chi connectivity index (χ1v) is 11.7. The number of aliphatic hydroxyl groups excluding tert-OH is 1. The van der Waals surface area contributed by atoms with Crippen molar-refractivity contribution >= 4 is 17.3 Å². The molecule has 1 fully saturated rings. The molecule has 2 aromatic rings. The molecule has 1 amide bonds. The highest BCUT2D eigenvalue weighted by Gasteiger charge is 2.26. The van der Waals surface area contributed by atoms with Crippen molar-refractivity contribution in [2.45, 2.75) is 32.8 Å². The molecule has 1 atom stereocenters. The maximum Gasteiger partial charge on any atom is 0.229 e. The summed E-state index contributed by atoms with van der Waals surface area (Å²) < 4.78 is 5.35. The molecule has 1 N–H and O–H groups in total. The largest absolute Gasteiger partial charge is 0.497 e. The van der Waals surface area contributed by atoms with Gasteiger partial charge in [-0.3, -0.25) is 9.69 Å². The predicted octanol–water partition coefficient (Wildman–Crippen LogP) is 3.49. The molecular weight excluding hydrogens is 402 g/mol. The molecule has 0 spiro atoms. The lowest BCUT2D eigenvalue weighted by molar-refractivity contribution is -0.121. The van der Waals surface area contributed by atoms with Crippen LogP contribution in [0.15, 0.2) is 42.5 Å². The number of piperazine rings is 1. The van der Waals surface area contributed by atoms with Crippen LogP contribution in [-0.2, 0) is 11.2 Å². The Labute approximate surface area is 191 Å². The van der Waals surface area contributed by atoms with Gasteiger partial charge in [0, 0.05) is 62.6 Å². The Morgan fingerprint density at radius 2 is 1.84 bits per heavy atom. The summed E-state index contributed by atoms with van der Waals surface area (Å²) in [5, 5.41) is 10.9. The van der Waals surface area contributed by atoms with Crippen LogP contribution in [0.25, 0.3) is 0 Å². The number of fused-ring (bicyclic) bond motifs is 1. The number of hydrogen-bond acceptors (Lipinski definition) is 5. The highest BCUT2D eigenvalue weighted by atomic mass is 16.5. The Balaban J connectivity index is 1.36. The number of hydrogen-bond donors (Lipinski definition) is 1. The maximum absolute atomic E-state index is 12.6. The van der Waals surface area contributed by atoms with Crippen molar-refractivity contribution < 1.29 is 14.6 Å². The van der Waals surface area contributed by atoms with Crippen LogP contribution in [0.3, 0.4) is 0 Å². The van der Waals surface area contributed by atoms with E-state index in [9.17, 15) is 9.90 Å². The lowest BCUT2D eigenvalue weighted by Crippen LogP contribution is -2.47. The number of methoxy groups -OCH3 is 1. The Morgan fingerprint density at radius 1 is 1.06 bits per heavy atom. The van der Waals surface area contributed by atoms with Crippen molar-refractivity contribution in [3.05, 3.63) is 53.6 Å². The molecule has 2 heterocycles. The molecule has 32 heavy (non-hydrogen) atoms. The topological polar surface area (TPSA) is 56.2 Å². The molecule has 0 aliphatic carbocycles. The monoisotopic (exact) mass is 437 g/mol. The highest BCUT2D eigenvalue weighted by Crippen LogP contribution is 2.31. The van der Waals surface area contributed by atoms with Crippen molar-refractivity contribution in [2.75, 3.05) is 56.2 Å². The third-order valence-corrected chi connectivity index (χ3v) is 6.59. The molecule has 2 aliphatic heterocycles. The van der Waals surface area contributed by atoms with Gasteiger partial charge in [-0.05, 0) is 42.2 Å². The van der Waals surface area contributed by atoms with Crippen molar-refractivity contribution in [3.63, 3.8) is 0 Å². The summed E-state index contributed by atoms with van der Waals surface area (Å²) in [6.45, 7) is 8.98. The van der Waals surface area contributed by atoms with Gasteiger partial charge in [0.25, 0.3) is 0 Å². The van der Waals surface area contributed by atoms with E-state index in [0.717, 1.165) is 62.6 Å². The van der Waals surface area contributed by atoms with Crippen LogP contribution >= 0.6 is 0 Å². The van der Waals surface area contributed by atoms with Crippen LogP contribution in [-0.4, -0.2) is 62.3 Å². The minimum Gasteiger partial charge on any atom is -0.497 e. The van der Waals surface area contributed by atoms with E-state index in [1.807, 2.05) is 43.0 Å². The molecule has 2 aromatic carbocycles. The van der Waals surface area contributed by atoms with E-state index in [-0.39, 0.29) is 11.8 Å². The third-order valence-electron chi connectivity index (χ3n) is 6.59. The molecule has 0 radical (unpaired) electrons. The molecule has 4 rings (SSSR count). The van der Waals surface area contributed by atoms with Crippen molar-refractivity contribution in [1.82, 2.24) is 4.90 Å². The molecule has 2 aliphatic rings. The predicted molar refractivity (Wildman–Crippen MR) is 129 cm³/mol. The number of carbonyl (C=O) groups is 1. The zero-order chi connectivity index (χ0) is 22.7. The smallest absolute Gasteiger partial charge is 0.229 e. The summed E-state index contributed by atoms with van der Waals surface area (Å²) in [7, 11) is 1.69. The fourth-order valence-electron chi connectivity index (χ4n) is 4.71. The Morgan fingerprint density at radius 3 is 2.56 bits per heavy atom. The summed E-state index contributed by atoms with van der Waals surface area (Å²) in [4.78, 5) is 19.2. The lowest BCUT2D eigenvalue weighted by Gasteiger charge is -2.37. The normalized spacial score (nSPS) is 17.9. The van der Waals surface area contributed by atoms with Gasteiger partial charge in [0.15, 0.2) is 0 Å². The summed E-state index contributed by atoms with van der Waals surface area (Å²) in [5.74, 6) is 1.04. The van der Waals surface area contributed by atoms with Gasteiger partial charge in [0.1, 0.15) is 5.75 Å². The van der Waals surface area contributed by atoms with Gasteiger partial charge in [0.2, 0.25) is 5.91 Å². The molecule has 0 aromatic heterocycles. The number of ether oxygens (including phenoxy) is 1. The first-order valence-electron chi connectivity index (χ1n) is 11.7. The van der Waals surface area contributed by atoms with E-state index < -0.39 is 6.10 Å². The number of aryl methyl sites for hydroxylation is 1. The third kappa shape index (κ3) is 4.92. The fourth-order valence-corrected chi connectivity index (χ4v) is 4.71. The maximum atomic E-state index is 12.6. The van der Waals surface area contributed by atoms with Crippen molar-refractivity contribution in [2.24, 2.45) is 5.92 Å². The number of carbonyl (C=O) groups excluding carboxylic acids is 1. The first kappa shape index (κ1) is 22.6. The first-order chi connectivity index (χ1) is 15.5. The Kier molecular flexibility index (Phi) is 7.01. The number of aliphatic hydroxyl groups is 1. The van der Waals surface area contributed by atoms with E-state index in [1.165, 1.54) is 11.3 Å². The van der Waals surface area contributed by atoms with Crippen molar-refractivity contribution in [3.8, 4) is 5.75 Å². The zero-order valence-corrected chi connectivity index (χ0v) is 19.5. The highest BCUT2D eigenvalue weighted by molar-refractivity contribution is 5.95. The van der Waals surface area contributed by atoms with E-state index in [4.69, 9.17) is 4.74 Å². The lowest BCUT2D eigenvalue weighted by atomic mass is 9.96. The Hall–Kier alpha value is -2.57. The van der Waals surface area contributed by atoms with E-state index in [2.05, 4.69) is 28.0 Å². The number of rotatable bonds is 6. The zero-order valence-electron chi connectivity index (χ0n) is 19.5. The molecule has 1 saturated heterocycles. The van der Waals surface area contributed by atoms with Gasteiger partial charge in [-0.2, -0.15) is 0 Å². The molecular formula is C26H35N3O3. The van der Waals surface area contributed by atoms with Crippen LogP contribution < -0.4 is 14.5 Å². The number of nitrogens with zero attached hydrogens (tertiary/aromatic N) is 3. The number of benzene rings is 2. The summed E-state index contributed by atoms with van der Waals surface area (Å²) >= 11 is 0. The second-order valence-corrected chi connectivity index (χ2v) is 9.14. The number of anilines is 2. The average Bonchev–Trinajstić information content (AvgIpc) is 2.83. The summed E-state index contributed by atoms with van der Waals surface area (Å²) in [5.41, 5.74) is 4.31. The molecule has 6 heteroatoms. The van der Waals surface area contributed by atoms with Crippen LogP contribution in [0.1, 0.15) is 37.5 Å². The quantitative estimate of drug-likeness (QED) is 0.750. The number of amides is 1. The second-order valence-electron chi connectivity index (χ2n) is 9.14. The van der Waals surface area contributed by atoms with Gasteiger partial charge in [-0.15, -0.1) is 0 Å². The standard InChI is InChI=1S/C26H35N3O3/c1-19(2)26(31)29-11-5-6-20-16-21(9-10-24(20)29)25(30)18-27-12-14-28(15-13-27)22-7-4-8-23(17-22)32-3/h4,7-10,16-17,19,25,30H,5-6,11-15,18H2,1-3H3/t25-/m1/s1. The second kappa shape index (κ2) is 9.92. The van der Waals surface area contributed by atoms with Gasteiger partial charge >= 0.3 is 0 Å². The van der Waals surface area contributed by atoms with Crippen LogP contribution in [0.2, 0.25) is 0 Å². The molecule has 0 unspecified atom stereocenters. The van der Waals surface area contributed by atoms with Crippen LogP contribution in [0.4, 0.5) is 11.4 Å². The SMILES string of the molecule is COc1cccc(N2CCN(C[C@@H](O)c3ccc4c(c3)CCCN4C(=O)C(C)C)CC2)c1. The van der Waals surface area contributed by atoms with Gasteiger partial charge in [-0.1, -0.05) is 32.0 Å². The van der Waals surface area contributed by atoms with Crippen LogP contribution in [0.5, 0.6) is 5.75 Å². The average molecular weight is 438 g/mol. The fraction of sp³-hybridized carbons (Fsp3) is 0.500. The van der Waals surface area contributed by atoms with Gasteiger partial charge in [-0.25, -0.2) is 0 Å². The van der Waals surface area contributed by atoms with E-state index in [1.54, 1.807) is 7.11 Å². The molecule has 0 bridgehead atoms. The Bertz CT molecular complexity index is 938. The molecule has 172 valence electrons. The summed E-state index contributed by atoms with van der Waals surface area (Å²) in [6.07, 6.45) is 1.40. The minimum absolute atomic E-state index is 0.0122. The van der Waals surface area contributed by atoms with Crippen molar-refractivity contribution in [1.29, 1.82) is 0 Å². The van der Waals surface area contributed by atoms with Crippen LogP contribution in [0, 0.1) is 5.92 Å². The minimum atomic E-state index is -0.528.